The number of rotatable bonds is 5. The first-order valence-electron chi connectivity index (χ1n) is 6.66. The van der Waals surface area contributed by atoms with Crippen LogP contribution in [0.3, 0.4) is 0 Å². The predicted octanol–water partition coefficient (Wildman–Crippen LogP) is 2.30. The molecule has 3 heteroatoms. The summed E-state index contributed by atoms with van der Waals surface area (Å²) >= 11 is 0. The number of allylic oxidation sites excluding steroid dienone is 1. The number of piperazine rings is 1. The van der Waals surface area contributed by atoms with Crippen LogP contribution in [0.5, 0.6) is 5.75 Å². The minimum Gasteiger partial charge on any atom is -0.508 e. The molecule has 1 heterocycles. The number of aromatic hydroxyl groups is 1. The SMILES string of the molecule is C=CCC[C@H](c1ccccc1O)N1CCNCC1. The zero-order valence-corrected chi connectivity index (χ0v) is 10.8. The Hall–Kier alpha value is -1.32. The lowest BCUT2D eigenvalue weighted by Gasteiger charge is -2.35. The van der Waals surface area contributed by atoms with Crippen molar-refractivity contribution in [2.75, 3.05) is 26.2 Å². The highest BCUT2D eigenvalue weighted by Gasteiger charge is 2.23. The molecule has 2 N–H and O–H groups in total. The number of phenolic OH excluding ortho intramolecular Hbond substituents is 1. The minimum atomic E-state index is 0.297. The van der Waals surface area contributed by atoms with Crippen LogP contribution in [0.25, 0.3) is 0 Å². The maximum Gasteiger partial charge on any atom is 0.120 e. The Kier molecular flexibility index (Phi) is 4.79. The van der Waals surface area contributed by atoms with Crippen LogP contribution in [0.2, 0.25) is 0 Å². The van der Waals surface area contributed by atoms with Gasteiger partial charge in [0.2, 0.25) is 0 Å². The Morgan fingerprint density at radius 3 is 2.72 bits per heavy atom. The molecular formula is C15H22N2O. The van der Waals surface area contributed by atoms with E-state index in [4.69, 9.17) is 0 Å². The molecule has 1 fully saturated rings. The average molecular weight is 246 g/mol. The number of benzene rings is 1. The van der Waals surface area contributed by atoms with Gasteiger partial charge in [-0.15, -0.1) is 6.58 Å². The molecule has 0 radical (unpaired) electrons. The predicted molar refractivity (Wildman–Crippen MR) is 74.7 cm³/mol. The van der Waals surface area contributed by atoms with Crippen molar-refractivity contribution in [3.8, 4) is 5.75 Å². The molecule has 3 nitrogen and oxygen atoms in total. The second-order valence-corrected chi connectivity index (χ2v) is 4.73. The molecule has 0 amide bonds. The van der Waals surface area contributed by atoms with Crippen LogP contribution in [0.4, 0.5) is 0 Å². The van der Waals surface area contributed by atoms with E-state index in [1.54, 1.807) is 6.07 Å². The van der Waals surface area contributed by atoms with Gasteiger partial charge in [0.15, 0.2) is 0 Å². The van der Waals surface area contributed by atoms with Crippen molar-refractivity contribution in [3.63, 3.8) is 0 Å². The number of para-hydroxylation sites is 1. The van der Waals surface area contributed by atoms with Gasteiger partial charge in [-0.05, 0) is 18.9 Å². The average Bonchev–Trinajstić information content (AvgIpc) is 2.42. The summed E-state index contributed by atoms with van der Waals surface area (Å²) in [5.41, 5.74) is 1.04. The van der Waals surface area contributed by atoms with Crippen molar-refractivity contribution >= 4 is 0 Å². The number of nitrogens with zero attached hydrogens (tertiary/aromatic N) is 1. The molecule has 0 aromatic heterocycles. The molecule has 0 spiro atoms. The summed E-state index contributed by atoms with van der Waals surface area (Å²) in [6.07, 6.45) is 3.94. The van der Waals surface area contributed by atoms with Crippen LogP contribution in [-0.4, -0.2) is 36.2 Å². The molecule has 1 aliphatic rings. The van der Waals surface area contributed by atoms with Crippen molar-refractivity contribution in [2.45, 2.75) is 18.9 Å². The Balaban J connectivity index is 2.18. The first kappa shape index (κ1) is 13.1. The quantitative estimate of drug-likeness (QED) is 0.783. The number of nitrogens with one attached hydrogen (secondary N) is 1. The van der Waals surface area contributed by atoms with Gasteiger partial charge >= 0.3 is 0 Å². The fourth-order valence-electron chi connectivity index (χ4n) is 2.57. The molecule has 1 atom stereocenters. The van der Waals surface area contributed by atoms with Gasteiger partial charge in [-0.3, -0.25) is 4.90 Å². The molecule has 1 saturated heterocycles. The highest BCUT2D eigenvalue weighted by Crippen LogP contribution is 2.32. The monoisotopic (exact) mass is 246 g/mol. The topological polar surface area (TPSA) is 35.5 Å². The van der Waals surface area contributed by atoms with Gasteiger partial charge in [-0.1, -0.05) is 24.3 Å². The fraction of sp³-hybridized carbons (Fsp3) is 0.467. The molecule has 0 bridgehead atoms. The first-order valence-corrected chi connectivity index (χ1v) is 6.66. The van der Waals surface area contributed by atoms with Crippen LogP contribution in [0.15, 0.2) is 36.9 Å². The van der Waals surface area contributed by atoms with Crippen LogP contribution >= 0.6 is 0 Å². The lowest BCUT2D eigenvalue weighted by Crippen LogP contribution is -2.45. The van der Waals surface area contributed by atoms with E-state index in [0.29, 0.717) is 11.8 Å². The van der Waals surface area contributed by atoms with Crippen molar-refractivity contribution in [1.29, 1.82) is 0 Å². The summed E-state index contributed by atoms with van der Waals surface area (Å²) in [6.45, 7) is 7.93. The van der Waals surface area contributed by atoms with Gasteiger partial charge in [0.05, 0.1) is 0 Å². The molecule has 0 aliphatic carbocycles. The zero-order chi connectivity index (χ0) is 12.8. The van der Waals surface area contributed by atoms with E-state index in [-0.39, 0.29) is 0 Å². The van der Waals surface area contributed by atoms with Crippen LogP contribution in [0.1, 0.15) is 24.4 Å². The van der Waals surface area contributed by atoms with Crippen LogP contribution in [-0.2, 0) is 0 Å². The largest absolute Gasteiger partial charge is 0.508 e. The van der Waals surface area contributed by atoms with E-state index >= 15 is 0 Å². The van der Waals surface area contributed by atoms with Gasteiger partial charge < -0.3 is 10.4 Å². The Morgan fingerprint density at radius 1 is 1.33 bits per heavy atom. The summed E-state index contributed by atoms with van der Waals surface area (Å²) in [7, 11) is 0. The van der Waals surface area contributed by atoms with E-state index < -0.39 is 0 Å². The molecule has 1 aliphatic heterocycles. The molecule has 0 unspecified atom stereocenters. The fourth-order valence-corrected chi connectivity index (χ4v) is 2.57. The standard InChI is InChI=1S/C15H22N2O/c1-2-3-7-14(17-11-9-16-10-12-17)13-6-4-5-8-15(13)18/h2,4-6,8,14,16,18H,1,3,7,9-12H2/t14-/m1/s1. The molecule has 1 aromatic carbocycles. The molecule has 98 valence electrons. The highest BCUT2D eigenvalue weighted by atomic mass is 16.3. The van der Waals surface area contributed by atoms with Gasteiger partial charge in [0.25, 0.3) is 0 Å². The third-order valence-corrected chi connectivity index (χ3v) is 3.53. The zero-order valence-electron chi connectivity index (χ0n) is 10.8. The van der Waals surface area contributed by atoms with E-state index in [9.17, 15) is 5.11 Å². The molecule has 0 saturated carbocycles. The first-order chi connectivity index (χ1) is 8.83. The minimum absolute atomic E-state index is 0.297. The third-order valence-electron chi connectivity index (χ3n) is 3.53. The third kappa shape index (κ3) is 3.12. The second-order valence-electron chi connectivity index (χ2n) is 4.73. The van der Waals surface area contributed by atoms with Crippen molar-refractivity contribution in [3.05, 3.63) is 42.5 Å². The lowest BCUT2D eigenvalue weighted by atomic mass is 9.98. The molecule has 18 heavy (non-hydrogen) atoms. The summed E-state index contributed by atoms with van der Waals surface area (Å²) in [5, 5.41) is 13.4. The Morgan fingerprint density at radius 2 is 2.06 bits per heavy atom. The Bertz CT molecular complexity index is 386. The lowest BCUT2D eigenvalue weighted by molar-refractivity contribution is 0.163. The summed E-state index contributed by atoms with van der Waals surface area (Å²) in [6, 6.07) is 7.98. The van der Waals surface area contributed by atoms with E-state index in [1.807, 2.05) is 24.3 Å². The number of phenols is 1. The summed E-state index contributed by atoms with van der Waals surface area (Å²) in [4.78, 5) is 2.45. The van der Waals surface area contributed by atoms with Gasteiger partial charge in [-0.2, -0.15) is 0 Å². The maximum atomic E-state index is 10.0. The smallest absolute Gasteiger partial charge is 0.120 e. The van der Waals surface area contributed by atoms with Crippen molar-refractivity contribution < 1.29 is 5.11 Å². The molecular weight excluding hydrogens is 224 g/mol. The number of hydrogen-bond acceptors (Lipinski definition) is 3. The van der Waals surface area contributed by atoms with E-state index in [1.165, 1.54) is 0 Å². The molecule has 1 aromatic rings. The summed E-state index contributed by atoms with van der Waals surface area (Å²) in [5.74, 6) is 0.407. The maximum absolute atomic E-state index is 10.0. The molecule has 2 rings (SSSR count). The van der Waals surface area contributed by atoms with Crippen molar-refractivity contribution in [1.82, 2.24) is 10.2 Å². The van der Waals surface area contributed by atoms with Gasteiger partial charge in [0.1, 0.15) is 5.75 Å². The Labute approximate surface area is 109 Å². The highest BCUT2D eigenvalue weighted by molar-refractivity contribution is 5.34. The van der Waals surface area contributed by atoms with E-state index in [0.717, 1.165) is 44.6 Å². The van der Waals surface area contributed by atoms with Gasteiger partial charge in [-0.25, -0.2) is 0 Å². The summed E-state index contributed by atoms with van der Waals surface area (Å²) < 4.78 is 0. The van der Waals surface area contributed by atoms with Crippen LogP contribution < -0.4 is 5.32 Å². The van der Waals surface area contributed by atoms with E-state index in [2.05, 4.69) is 16.8 Å². The van der Waals surface area contributed by atoms with Crippen LogP contribution in [0, 0.1) is 0 Å². The second kappa shape index (κ2) is 6.57. The number of hydrogen-bond donors (Lipinski definition) is 2. The van der Waals surface area contributed by atoms with Crippen molar-refractivity contribution in [2.24, 2.45) is 0 Å². The normalized spacial score (nSPS) is 18.4. The van der Waals surface area contributed by atoms with Gasteiger partial charge in [0, 0.05) is 37.8 Å².